The molecule has 0 bridgehead atoms. The molecule has 0 atom stereocenters. The van der Waals surface area contributed by atoms with Crippen molar-refractivity contribution >= 4 is 5.69 Å². The highest BCUT2D eigenvalue weighted by atomic mass is 16.5. The molecular formula is C45H54N4O. The molecule has 6 rings (SSSR count). The average molecular weight is 667 g/mol. The number of unbranched alkanes of at least 4 members (excludes halogenated alkanes) is 1. The van der Waals surface area contributed by atoms with E-state index < -0.39 is 0 Å². The molecule has 1 aliphatic rings. The Morgan fingerprint density at radius 1 is 0.720 bits per heavy atom. The lowest BCUT2D eigenvalue weighted by atomic mass is 9.96. The molecule has 1 aliphatic heterocycles. The minimum atomic E-state index is 0.428. The topological polar surface area (TPSA) is 41.5 Å². The molecule has 0 spiro atoms. The van der Waals surface area contributed by atoms with Gasteiger partial charge in [-0.15, -0.1) is 0 Å². The minimum absolute atomic E-state index is 0.428. The van der Waals surface area contributed by atoms with Crippen LogP contribution < -0.4 is 9.64 Å². The standard InChI is InChI=1S/C45H54N4O/c1-8-9-20-50-44-12-10-42(11-13-44)49(30-38-25-41(28-46-27-38)39-21-31(2)35(6)32(3)22-39)43-15-18-48(19-16-43)29-37-14-17-47-45(26-37)40-23-33(4)36(7)34(5)24-40/h10-14,17,21-28,43H,8-9,15-16,18-20,29-30H2,1-7H3. The first-order valence-electron chi connectivity index (χ1n) is 18.5. The summed E-state index contributed by atoms with van der Waals surface area (Å²) in [6.07, 6.45) is 10.4. The number of aromatic nitrogens is 2. The Balaban J connectivity index is 1.19. The lowest BCUT2D eigenvalue weighted by molar-refractivity contribution is 0.201. The van der Waals surface area contributed by atoms with E-state index in [-0.39, 0.29) is 0 Å². The van der Waals surface area contributed by atoms with Crippen LogP contribution in [0.5, 0.6) is 5.75 Å². The number of nitrogens with zero attached hydrogens (tertiary/aromatic N) is 4. The predicted octanol–water partition coefficient (Wildman–Crippen LogP) is 10.5. The Bertz CT molecular complexity index is 1860. The third-order valence-electron chi connectivity index (χ3n) is 10.8. The van der Waals surface area contributed by atoms with Crippen LogP contribution in [0.15, 0.2) is 85.3 Å². The molecule has 3 aromatic carbocycles. The van der Waals surface area contributed by atoms with Gasteiger partial charge in [-0.05, 0) is 165 Å². The van der Waals surface area contributed by atoms with Crippen LogP contribution in [0.2, 0.25) is 0 Å². The van der Waals surface area contributed by atoms with Gasteiger partial charge in [0.2, 0.25) is 0 Å². The van der Waals surface area contributed by atoms with Crippen molar-refractivity contribution in [1.82, 2.24) is 14.9 Å². The molecule has 0 unspecified atom stereocenters. The summed E-state index contributed by atoms with van der Waals surface area (Å²) in [7, 11) is 0. The molecule has 3 heterocycles. The summed E-state index contributed by atoms with van der Waals surface area (Å²) in [6, 6.07) is 25.1. The van der Waals surface area contributed by atoms with E-state index in [1.54, 1.807) is 0 Å². The van der Waals surface area contributed by atoms with E-state index in [0.29, 0.717) is 6.04 Å². The zero-order valence-electron chi connectivity index (χ0n) is 31.2. The summed E-state index contributed by atoms with van der Waals surface area (Å²) in [4.78, 5) is 14.7. The fourth-order valence-electron chi connectivity index (χ4n) is 7.19. The molecule has 0 saturated carbocycles. The van der Waals surface area contributed by atoms with Gasteiger partial charge in [0.25, 0.3) is 0 Å². The zero-order chi connectivity index (χ0) is 35.2. The Labute approximate surface area is 300 Å². The summed E-state index contributed by atoms with van der Waals surface area (Å²) in [5.74, 6) is 0.943. The molecule has 5 aromatic rings. The number of anilines is 1. The first-order chi connectivity index (χ1) is 24.2. The first kappa shape index (κ1) is 35.3. The maximum absolute atomic E-state index is 6.02. The Hall–Kier alpha value is -4.48. The maximum Gasteiger partial charge on any atom is 0.119 e. The number of piperidine rings is 1. The normalized spacial score (nSPS) is 13.8. The number of pyridine rings is 2. The summed E-state index contributed by atoms with van der Waals surface area (Å²) in [6.45, 7) is 20.0. The Morgan fingerprint density at radius 2 is 1.36 bits per heavy atom. The first-order valence-corrected chi connectivity index (χ1v) is 18.5. The van der Waals surface area contributed by atoms with Gasteiger partial charge in [0.05, 0.1) is 12.3 Å². The molecule has 260 valence electrons. The largest absolute Gasteiger partial charge is 0.494 e. The molecule has 0 radical (unpaired) electrons. The molecule has 2 aromatic heterocycles. The fraction of sp³-hybridized carbons (Fsp3) is 0.378. The van der Waals surface area contributed by atoms with E-state index in [1.165, 1.54) is 66.9 Å². The monoisotopic (exact) mass is 666 g/mol. The van der Waals surface area contributed by atoms with Crippen LogP contribution in [0.25, 0.3) is 22.4 Å². The zero-order valence-corrected chi connectivity index (χ0v) is 31.2. The molecule has 1 saturated heterocycles. The third-order valence-corrected chi connectivity index (χ3v) is 10.8. The van der Waals surface area contributed by atoms with Crippen LogP contribution in [-0.2, 0) is 13.1 Å². The quantitative estimate of drug-likeness (QED) is 0.124. The lowest BCUT2D eigenvalue weighted by Crippen LogP contribution is -2.44. The van der Waals surface area contributed by atoms with Crippen molar-refractivity contribution in [3.05, 3.63) is 130 Å². The molecular weight excluding hydrogens is 613 g/mol. The lowest BCUT2D eigenvalue weighted by Gasteiger charge is -2.40. The van der Waals surface area contributed by atoms with Gasteiger partial charge in [-0.25, -0.2) is 0 Å². The summed E-state index contributed by atoms with van der Waals surface area (Å²) in [5.41, 5.74) is 16.5. The van der Waals surface area contributed by atoms with E-state index in [2.05, 4.69) is 125 Å². The highest BCUT2D eigenvalue weighted by molar-refractivity contribution is 5.66. The van der Waals surface area contributed by atoms with E-state index >= 15 is 0 Å². The molecule has 0 amide bonds. The number of hydrogen-bond donors (Lipinski definition) is 0. The van der Waals surface area contributed by atoms with Crippen LogP contribution in [-0.4, -0.2) is 40.6 Å². The summed E-state index contributed by atoms with van der Waals surface area (Å²) < 4.78 is 6.02. The summed E-state index contributed by atoms with van der Waals surface area (Å²) >= 11 is 0. The highest BCUT2D eigenvalue weighted by Crippen LogP contribution is 2.31. The smallest absolute Gasteiger partial charge is 0.119 e. The predicted molar refractivity (Wildman–Crippen MR) is 209 cm³/mol. The van der Waals surface area contributed by atoms with Crippen LogP contribution in [0.1, 0.15) is 77.1 Å². The molecule has 1 fully saturated rings. The summed E-state index contributed by atoms with van der Waals surface area (Å²) in [5, 5.41) is 0. The maximum atomic E-state index is 6.02. The van der Waals surface area contributed by atoms with Crippen LogP contribution in [0.3, 0.4) is 0 Å². The van der Waals surface area contributed by atoms with Gasteiger partial charge < -0.3 is 9.64 Å². The SMILES string of the molecule is CCCCOc1ccc(N(Cc2cncc(-c3cc(C)c(C)c(C)c3)c2)C2CCN(Cc3ccnc(-c4cc(C)c(C)c(C)c4)c3)CC2)cc1. The van der Waals surface area contributed by atoms with Crippen molar-refractivity contribution in [1.29, 1.82) is 0 Å². The van der Waals surface area contributed by atoms with Crippen molar-refractivity contribution in [3.8, 4) is 28.1 Å². The van der Waals surface area contributed by atoms with Gasteiger partial charge >= 0.3 is 0 Å². The molecule has 5 heteroatoms. The molecule has 0 N–H and O–H groups in total. The van der Waals surface area contributed by atoms with Crippen molar-refractivity contribution < 1.29 is 4.74 Å². The number of aryl methyl sites for hydroxylation is 4. The van der Waals surface area contributed by atoms with Crippen LogP contribution in [0.4, 0.5) is 5.69 Å². The average Bonchev–Trinajstić information content (AvgIpc) is 3.12. The second kappa shape index (κ2) is 16.0. The van der Waals surface area contributed by atoms with Gasteiger partial charge in [-0.3, -0.25) is 14.9 Å². The molecule has 5 nitrogen and oxygen atoms in total. The van der Waals surface area contributed by atoms with Gasteiger partial charge in [0, 0.05) is 67.6 Å². The van der Waals surface area contributed by atoms with E-state index in [0.717, 1.165) is 69.9 Å². The van der Waals surface area contributed by atoms with E-state index in [1.807, 2.05) is 18.6 Å². The highest BCUT2D eigenvalue weighted by Gasteiger charge is 2.26. The fourth-order valence-corrected chi connectivity index (χ4v) is 7.19. The molecule has 50 heavy (non-hydrogen) atoms. The van der Waals surface area contributed by atoms with Crippen molar-refractivity contribution in [2.75, 3.05) is 24.6 Å². The Morgan fingerprint density at radius 3 is 2.00 bits per heavy atom. The second-order valence-corrected chi connectivity index (χ2v) is 14.4. The third kappa shape index (κ3) is 8.45. The number of likely N-dealkylation sites (tertiary alicyclic amines) is 1. The second-order valence-electron chi connectivity index (χ2n) is 14.4. The van der Waals surface area contributed by atoms with Gasteiger partial charge in [0.15, 0.2) is 0 Å². The number of hydrogen-bond acceptors (Lipinski definition) is 5. The van der Waals surface area contributed by atoms with Gasteiger partial charge in [-0.1, -0.05) is 25.5 Å². The van der Waals surface area contributed by atoms with Crippen molar-refractivity contribution in [2.45, 2.75) is 93.3 Å². The molecule has 0 aliphatic carbocycles. The minimum Gasteiger partial charge on any atom is -0.494 e. The van der Waals surface area contributed by atoms with Gasteiger partial charge in [-0.2, -0.15) is 0 Å². The number of benzene rings is 3. The van der Waals surface area contributed by atoms with Crippen LogP contribution in [0, 0.1) is 41.5 Å². The van der Waals surface area contributed by atoms with Crippen molar-refractivity contribution in [3.63, 3.8) is 0 Å². The van der Waals surface area contributed by atoms with Crippen molar-refractivity contribution in [2.24, 2.45) is 0 Å². The van der Waals surface area contributed by atoms with E-state index in [9.17, 15) is 0 Å². The van der Waals surface area contributed by atoms with Gasteiger partial charge in [0.1, 0.15) is 5.75 Å². The van der Waals surface area contributed by atoms with Crippen LogP contribution >= 0.6 is 0 Å². The number of rotatable bonds is 12. The number of ether oxygens (including phenoxy) is 1. The Kier molecular flexibility index (Phi) is 11.3. The van der Waals surface area contributed by atoms with E-state index in [4.69, 9.17) is 14.7 Å².